The van der Waals surface area contributed by atoms with E-state index in [1.54, 1.807) is 17.1 Å². The number of piperidine rings is 1. The first kappa shape index (κ1) is 28.1. The van der Waals surface area contributed by atoms with Crippen molar-refractivity contribution in [2.24, 2.45) is 0 Å². The molecule has 204 valence electrons. The second kappa shape index (κ2) is 11.4. The number of carbonyl (C=O) groups excluding carboxylic acids is 2. The van der Waals surface area contributed by atoms with Crippen molar-refractivity contribution < 1.29 is 37.9 Å². The Kier molecular flexibility index (Phi) is 8.43. The van der Waals surface area contributed by atoms with Crippen LogP contribution < -0.4 is 15.4 Å². The molecule has 1 aromatic carbocycles. The molecule has 5 N–H and O–H groups in total. The summed E-state index contributed by atoms with van der Waals surface area (Å²) in [5.41, 5.74) is 0.643. The molecule has 12 nitrogen and oxygen atoms in total. The molecule has 1 aromatic rings. The van der Waals surface area contributed by atoms with Gasteiger partial charge in [0, 0.05) is 54.2 Å². The third-order valence-corrected chi connectivity index (χ3v) is 7.54. The van der Waals surface area contributed by atoms with E-state index in [4.69, 9.17) is 24.7 Å². The maximum Gasteiger partial charge on any atom is 0.471 e. The molecule has 2 amide bonds. The van der Waals surface area contributed by atoms with E-state index >= 15 is 0 Å². The van der Waals surface area contributed by atoms with Gasteiger partial charge in [0.05, 0.1) is 24.4 Å². The first-order valence-corrected chi connectivity index (χ1v) is 14.1. The van der Waals surface area contributed by atoms with E-state index < -0.39 is 32.1 Å². The van der Waals surface area contributed by atoms with Crippen LogP contribution in [0.15, 0.2) is 58.2 Å². The van der Waals surface area contributed by atoms with Gasteiger partial charge in [0.2, 0.25) is 0 Å². The second-order valence-electron chi connectivity index (χ2n) is 9.04. The summed E-state index contributed by atoms with van der Waals surface area (Å²) in [6, 6.07) is 5.21. The van der Waals surface area contributed by atoms with Crippen LogP contribution in [0.4, 0.5) is 4.79 Å². The van der Waals surface area contributed by atoms with Crippen molar-refractivity contribution in [3.63, 3.8) is 0 Å². The molecule has 1 fully saturated rings. The van der Waals surface area contributed by atoms with Crippen LogP contribution in [0.3, 0.4) is 0 Å². The molecule has 14 heteroatoms. The predicted octanol–water partition coefficient (Wildman–Crippen LogP) is 3.05. The molecular weight excluding hydrogens is 583 g/mol. The minimum absolute atomic E-state index is 0.0590. The van der Waals surface area contributed by atoms with Crippen molar-refractivity contribution >= 4 is 41.5 Å². The highest BCUT2D eigenvalue weighted by Crippen LogP contribution is 2.45. The molecule has 1 spiro atoms. The summed E-state index contributed by atoms with van der Waals surface area (Å²) in [6.07, 6.45) is 7.33. The van der Waals surface area contributed by atoms with Gasteiger partial charge >= 0.3 is 13.9 Å². The van der Waals surface area contributed by atoms with E-state index in [1.165, 1.54) is 19.4 Å². The Morgan fingerprint density at radius 3 is 2.76 bits per heavy atom. The van der Waals surface area contributed by atoms with Gasteiger partial charge < -0.3 is 34.8 Å². The third-order valence-electron chi connectivity index (χ3n) is 6.58. The molecule has 0 saturated carbocycles. The molecule has 2 aliphatic heterocycles. The summed E-state index contributed by atoms with van der Waals surface area (Å²) >= 11 is 3.49. The fourth-order valence-electron chi connectivity index (χ4n) is 4.69. The number of carbonyl (C=O) groups is 2. The Morgan fingerprint density at radius 1 is 1.34 bits per heavy atom. The van der Waals surface area contributed by atoms with Crippen LogP contribution in [-0.2, 0) is 18.6 Å². The molecule has 2 heterocycles. The monoisotopic (exact) mass is 610 g/mol. The Balaban J connectivity index is 1.49. The Labute approximate surface area is 227 Å². The predicted molar refractivity (Wildman–Crippen MR) is 140 cm³/mol. The molecule has 3 aliphatic rings. The number of methoxy groups -OCH3 is 1. The van der Waals surface area contributed by atoms with Crippen LogP contribution in [-0.4, -0.2) is 64.9 Å². The minimum atomic E-state index is -4.63. The molecule has 0 aromatic heterocycles. The fourth-order valence-corrected chi connectivity index (χ4v) is 5.31. The van der Waals surface area contributed by atoms with E-state index in [1.807, 2.05) is 18.2 Å². The summed E-state index contributed by atoms with van der Waals surface area (Å²) in [7, 11) is -3.28. The maximum atomic E-state index is 13.4. The lowest BCUT2D eigenvalue weighted by molar-refractivity contribution is -0.118. The van der Waals surface area contributed by atoms with Crippen LogP contribution in [0.1, 0.15) is 30.9 Å². The van der Waals surface area contributed by atoms with Crippen molar-refractivity contribution in [3.05, 3.63) is 63.8 Å². The number of hydrogen-bond donors (Lipinski definition) is 5. The summed E-state index contributed by atoms with van der Waals surface area (Å²) in [5.74, 6) is 0.204. The molecule has 38 heavy (non-hydrogen) atoms. The number of halogens is 1. The average molecular weight is 611 g/mol. The van der Waals surface area contributed by atoms with Gasteiger partial charge in [-0.1, -0.05) is 28.1 Å². The summed E-state index contributed by atoms with van der Waals surface area (Å²) in [6.45, 7) is 0.461. The van der Waals surface area contributed by atoms with Gasteiger partial charge in [-0.3, -0.25) is 14.7 Å². The van der Waals surface area contributed by atoms with E-state index in [0.29, 0.717) is 43.7 Å². The lowest BCUT2D eigenvalue weighted by Gasteiger charge is -2.46. The zero-order valence-electron chi connectivity index (χ0n) is 20.5. The van der Waals surface area contributed by atoms with Gasteiger partial charge in [-0.15, -0.1) is 0 Å². The zero-order chi connectivity index (χ0) is 27.5. The smallest absolute Gasteiger partial charge is 0.471 e. The molecular formula is C24H28BrN4O8P. The number of hydrogen-bond acceptors (Lipinski definition) is 8. The SMILES string of the molecule is COC(=O)N1CCC2(CC1)CC(NC(=O)C1=CC=C/C(=C/NCOP(=O)(O)O)C1=N)c1cc(Br)ccc1O2. The first-order valence-electron chi connectivity index (χ1n) is 11.7. The standard InChI is InChI=1S/C24H28BrN4O8P/c1-35-23(31)29-9-7-24(8-10-29)12-19(18-11-16(25)5-6-20(18)37-24)28-22(30)17-4-2-3-15(21(17)26)13-27-14-36-38(32,33)34/h2-6,11,13,19,26-27H,7-10,12,14H2,1H3,(H,28,30)(H2,32,33,34)/b15-13-,26-21?. The Hall–Kier alpha value is -2.96. The van der Waals surface area contributed by atoms with Crippen LogP contribution in [0.25, 0.3) is 0 Å². The molecule has 0 radical (unpaired) electrons. The van der Waals surface area contributed by atoms with E-state index in [0.717, 1.165) is 10.0 Å². The summed E-state index contributed by atoms with van der Waals surface area (Å²) < 4.78 is 27.3. The molecule has 0 bridgehead atoms. The number of likely N-dealkylation sites (tertiary alicyclic amines) is 1. The molecule has 1 atom stereocenters. The third kappa shape index (κ3) is 6.54. The van der Waals surface area contributed by atoms with Crippen molar-refractivity contribution in [3.8, 4) is 5.75 Å². The number of fused-ring (bicyclic) bond motifs is 1. The number of benzene rings is 1. The maximum absolute atomic E-state index is 13.4. The topological polar surface area (TPSA) is 171 Å². The summed E-state index contributed by atoms with van der Waals surface area (Å²) in [4.78, 5) is 44.5. The van der Waals surface area contributed by atoms with Crippen LogP contribution in [0, 0.1) is 5.41 Å². The van der Waals surface area contributed by atoms with Gasteiger partial charge in [0.25, 0.3) is 5.91 Å². The van der Waals surface area contributed by atoms with Crippen molar-refractivity contribution in [1.29, 1.82) is 5.41 Å². The van der Waals surface area contributed by atoms with Crippen molar-refractivity contribution in [2.75, 3.05) is 26.9 Å². The summed E-state index contributed by atoms with van der Waals surface area (Å²) in [5, 5.41) is 14.1. The first-order chi connectivity index (χ1) is 18.0. The normalized spacial score (nSPS) is 21.4. The van der Waals surface area contributed by atoms with Crippen molar-refractivity contribution in [2.45, 2.75) is 30.9 Å². The highest BCUT2D eigenvalue weighted by molar-refractivity contribution is 9.10. The fraction of sp³-hybridized carbons (Fsp3) is 0.375. The number of rotatable bonds is 6. The largest absolute Gasteiger partial charge is 0.487 e. The number of phosphoric acid groups is 1. The zero-order valence-corrected chi connectivity index (χ0v) is 23.0. The lowest BCUT2D eigenvalue weighted by atomic mass is 9.80. The number of nitrogens with zero attached hydrogens (tertiary/aromatic N) is 1. The minimum Gasteiger partial charge on any atom is -0.487 e. The quantitative estimate of drug-likeness (QED) is 0.184. The van der Waals surface area contributed by atoms with Gasteiger partial charge in [-0.05, 0) is 24.3 Å². The van der Waals surface area contributed by atoms with Crippen LogP contribution >= 0.6 is 23.8 Å². The van der Waals surface area contributed by atoms with E-state index in [9.17, 15) is 14.2 Å². The number of ether oxygens (including phenoxy) is 2. The van der Waals surface area contributed by atoms with Gasteiger partial charge in [-0.25, -0.2) is 9.36 Å². The average Bonchev–Trinajstić information content (AvgIpc) is 2.87. The van der Waals surface area contributed by atoms with Gasteiger partial charge in [0.1, 0.15) is 18.1 Å². The molecule has 1 saturated heterocycles. The number of nitrogens with one attached hydrogen (secondary N) is 3. The Bertz CT molecular complexity index is 1270. The molecule has 1 unspecified atom stereocenters. The molecule has 4 rings (SSSR count). The number of phosphoric ester groups is 1. The highest BCUT2D eigenvalue weighted by Gasteiger charge is 2.45. The second-order valence-corrected chi connectivity index (χ2v) is 11.2. The van der Waals surface area contributed by atoms with E-state index in [-0.39, 0.29) is 17.4 Å². The van der Waals surface area contributed by atoms with Crippen LogP contribution in [0.2, 0.25) is 0 Å². The number of amides is 2. The molecule has 1 aliphatic carbocycles. The van der Waals surface area contributed by atoms with Crippen LogP contribution in [0.5, 0.6) is 5.75 Å². The highest BCUT2D eigenvalue weighted by atomic mass is 79.9. The lowest BCUT2D eigenvalue weighted by Crippen LogP contribution is -2.53. The number of allylic oxidation sites excluding steroid dienone is 4. The van der Waals surface area contributed by atoms with Gasteiger partial charge in [-0.2, -0.15) is 0 Å². The van der Waals surface area contributed by atoms with Gasteiger partial charge in [0.15, 0.2) is 0 Å². The Morgan fingerprint density at radius 2 is 2.08 bits per heavy atom. The van der Waals surface area contributed by atoms with Crippen molar-refractivity contribution in [1.82, 2.24) is 15.5 Å². The van der Waals surface area contributed by atoms with E-state index in [2.05, 4.69) is 31.1 Å².